The van der Waals surface area contributed by atoms with Crippen LogP contribution in [0, 0.1) is 0 Å². The third-order valence-corrected chi connectivity index (χ3v) is 5.12. The van der Waals surface area contributed by atoms with Gasteiger partial charge in [0, 0.05) is 17.5 Å². The van der Waals surface area contributed by atoms with Gasteiger partial charge in [-0.1, -0.05) is 24.3 Å². The number of amides is 1. The number of hydrogen-bond donors (Lipinski definition) is 1. The van der Waals surface area contributed by atoms with Crippen LogP contribution < -0.4 is 19.5 Å². The zero-order valence-corrected chi connectivity index (χ0v) is 16.8. The maximum atomic E-state index is 12.3. The molecule has 3 rings (SSSR count). The van der Waals surface area contributed by atoms with Crippen LogP contribution in [0.4, 0.5) is 0 Å². The number of methoxy groups -OCH3 is 3. The fourth-order valence-electron chi connectivity index (χ4n) is 2.84. The Morgan fingerprint density at radius 1 is 1.00 bits per heavy atom. The molecule has 6 nitrogen and oxygen atoms in total. The normalized spacial score (nSPS) is 10.4. The number of rotatable bonds is 8. The number of aromatic nitrogens is 1. The topological polar surface area (TPSA) is 69.7 Å². The zero-order valence-electron chi connectivity index (χ0n) is 16.0. The average Bonchev–Trinajstić information content (AvgIpc) is 3.19. The van der Waals surface area contributed by atoms with Crippen LogP contribution >= 0.6 is 11.3 Å². The summed E-state index contributed by atoms with van der Waals surface area (Å²) in [5, 5.41) is 5.58. The summed E-state index contributed by atoms with van der Waals surface area (Å²) in [6, 6.07) is 13.3. The zero-order chi connectivity index (χ0) is 19.9. The minimum absolute atomic E-state index is 0.0969. The van der Waals surface area contributed by atoms with Gasteiger partial charge in [-0.2, -0.15) is 0 Å². The predicted molar refractivity (Wildman–Crippen MR) is 109 cm³/mol. The molecule has 0 aliphatic carbocycles. The van der Waals surface area contributed by atoms with Crippen LogP contribution in [-0.2, 0) is 17.8 Å². The fraction of sp³-hybridized carbons (Fsp3) is 0.238. The number of carbonyl (C=O) groups excluding carboxylic acids is 1. The molecule has 7 heteroatoms. The lowest BCUT2D eigenvalue weighted by Crippen LogP contribution is -2.24. The van der Waals surface area contributed by atoms with Gasteiger partial charge in [0.2, 0.25) is 5.91 Å². The first-order valence-electron chi connectivity index (χ1n) is 8.70. The Morgan fingerprint density at radius 2 is 1.75 bits per heavy atom. The molecule has 0 spiro atoms. The maximum absolute atomic E-state index is 12.3. The Hall–Kier alpha value is -3.06. The number of nitrogens with one attached hydrogen (secondary N) is 1. The molecular weight excluding hydrogens is 376 g/mol. The van der Waals surface area contributed by atoms with E-state index in [9.17, 15) is 4.79 Å². The van der Waals surface area contributed by atoms with Crippen LogP contribution in [0.25, 0.3) is 10.6 Å². The van der Waals surface area contributed by atoms with Crippen molar-refractivity contribution in [3.8, 4) is 27.8 Å². The Morgan fingerprint density at radius 3 is 2.50 bits per heavy atom. The monoisotopic (exact) mass is 398 g/mol. The molecule has 0 radical (unpaired) electrons. The van der Waals surface area contributed by atoms with Crippen LogP contribution in [0.3, 0.4) is 0 Å². The molecule has 1 amide bonds. The van der Waals surface area contributed by atoms with Crippen molar-refractivity contribution in [1.82, 2.24) is 10.3 Å². The molecule has 2 aromatic carbocycles. The van der Waals surface area contributed by atoms with Crippen LogP contribution in [-0.4, -0.2) is 32.2 Å². The van der Waals surface area contributed by atoms with Gasteiger partial charge in [-0.05, 0) is 18.2 Å². The van der Waals surface area contributed by atoms with Crippen molar-refractivity contribution >= 4 is 17.2 Å². The minimum atomic E-state index is -0.0969. The summed E-state index contributed by atoms with van der Waals surface area (Å²) >= 11 is 1.47. The maximum Gasteiger partial charge on any atom is 0.226 e. The van der Waals surface area contributed by atoms with Gasteiger partial charge < -0.3 is 19.5 Å². The van der Waals surface area contributed by atoms with E-state index in [2.05, 4.69) is 10.3 Å². The Balaban J connectivity index is 1.67. The first kappa shape index (κ1) is 19.7. The van der Waals surface area contributed by atoms with Crippen molar-refractivity contribution in [1.29, 1.82) is 0 Å². The second-order valence-corrected chi connectivity index (χ2v) is 6.81. The molecule has 1 heterocycles. The molecule has 0 bridgehead atoms. The van der Waals surface area contributed by atoms with Gasteiger partial charge in [0.15, 0.2) is 11.5 Å². The molecular formula is C21H22N2O4S. The number of para-hydroxylation sites is 2. The SMILES string of the molecule is COc1ccccc1CNC(=O)Cc1csc(-c2cccc(OC)c2OC)n1. The van der Waals surface area contributed by atoms with E-state index in [1.54, 1.807) is 21.3 Å². The fourth-order valence-corrected chi connectivity index (χ4v) is 3.68. The molecule has 3 aromatic rings. The third-order valence-electron chi connectivity index (χ3n) is 4.20. The lowest BCUT2D eigenvalue weighted by atomic mass is 10.2. The lowest BCUT2D eigenvalue weighted by molar-refractivity contribution is -0.120. The van der Waals surface area contributed by atoms with Gasteiger partial charge in [-0.25, -0.2) is 4.98 Å². The van der Waals surface area contributed by atoms with E-state index >= 15 is 0 Å². The second kappa shape index (κ2) is 9.23. The Labute approximate surface area is 168 Å². The highest BCUT2D eigenvalue weighted by Crippen LogP contribution is 2.38. The summed E-state index contributed by atoms with van der Waals surface area (Å²) in [6.45, 7) is 0.406. The summed E-state index contributed by atoms with van der Waals surface area (Å²) in [7, 11) is 4.81. The first-order valence-corrected chi connectivity index (χ1v) is 9.58. The molecule has 0 aliphatic heterocycles. The predicted octanol–water partition coefficient (Wildman–Crippen LogP) is 3.69. The molecule has 0 saturated carbocycles. The van der Waals surface area contributed by atoms with Crippen LogP contribution in [0.5, 0.6) is 17.2 Å². The van der Waals surface area contributed by atoms with Crippen LogP contribution in [0.1, 0.15) is 11.3 Å². The highest BCUT2D eigenvalue weighted by atomic mass is 32.1. The smallest absolute Gasteiger partial charge is 0.226 e. The molecule has 1 aromatic heterocycles. The highest BCUT2D eigenvalue weighted by molar-refractivity contribution is 7.13. The van der Waals surface area contributed by atoms with Crippen molar-refractivity contribution in [2.24, 2.45) is 0 Å². The summed E-state index contributed by atoms with van der Waals surface area (Å²) in [4.78, 5) is 16.9. The number of thiazole rings is 1. The van der Waals surface area contributed by atoms with Crippen molar-refractivity contribution in [2.45, 2.75) is 13.0 Å². The molecule has 0 aliphatic rings. The molecule has 0 unspecified atom stereocenters. The van der Waals surface area contributed by atoms with E-state index in [1.165, 1.54) is 11.3 Å². The second-order valence-electron chi connectivity index (χ2n) is 5.95. The standard InChI is InChI=1S/C21H22N2O4S/c1-25-17-9-5-4-7-14(17)12-22-19(24)11-15-13-28-21(23-15)16-8-6-10-18(26-2)20(16)27-3/h4-10,13H,11-12H2,1-3H3,(H,22,24). The van der Waals surface area contributed by atoms with E-state index in [-0.39, 0.29) is 12.3 Å². The van der Waals surface area contributed by atoms with Crippen molar-refractivity contribution < 1.29 is 19.0 Å². The van der Waals surface area contributed by atoms with Gasteiger partial charge in [0.05, 0.1) is 39.0 Å². The van der Waals surface area contributed by atoms with E-state index in [0.29, 0.717) is 23.7 Å². The Kier molecular flexibility index (Phi) is 6.49. The number of nitrogens with zero attached hydrogens (tertiary/aromatic N) is 1. The van der Waals surface area contributed by atoms with Crippen molar-refractivity contribution in [3.63, 3.8) is 0 Å². The lowest BCUT2D eigenvalue weighted by Gasteiger charge is -2.10. The number of ether oxygens (including phenoxy) is 3. The molecule has 28 heavy (non-hydrogen) atoms. The quantitative estimate of drug-likeness (QED) is 0.627. The molecule has 146 valence electrons. The summed E-state index contributed by atoms with van der Waals surface area (Å²) in [6.07, 6.45) is 0.206. The third kappa shape index (κ3) is 4.43. The summed E-state index contributed by atoms with van der Waals surface area (Å²) in [5.74, 6) is 1.93. The van der Waals surface area contributed by atoms with Crippen molar-refractivity contribution in [3.05, 3.63) is 59.1 Å². The number of hydrogen-bond acceptors (Lipinski definition) is 6. The van der Waals surface area contributed by atoms with E-state index in [0.717, 1.165) is 21.9 Å². The summed E-state index contributed by atoms with van der Waals surface area (Å²) in [5.41, 5.74) is 2.48. The first-order chi connectivity index (χ1) is 13.7. The molecule has 0 saturated heterocycles. The van der Waals surface area contributed by atoms with Gasteiger partial charge in [-0.15, -0.1) is 11.3 Å². The summed E-state index contributed by atoms with van der Waals surface area (Å²) < 4.78 is 16.1. The Bertz CT molecular complexity index is 955. The highest BCUT2D eigenvalue weighted by Gasteiger charge is 2.15. The number of carbonyl (C=O) groups is 1. The number of benzene rings is 2. The molecule has 1 N–H and O–H groups in total. The van der Waals surface area contributed by atoms with E-state index in [4.69, 9.17) is 14.2 Å². The largest absolute Gasteiger partial charge is 0.496 e. The van der Waals surface area contributed by atoms with Crippen LogP contribution in [0.2, 0.25) is 0 Å². The molecule has 0 atom stereocenters. The average molecular weight is 398 g/mol. The van der Waals surface area contributed by atoms with Gasteiger partial charge in [0.1, 0.15) is 10.8 Å². The van der Waals surface area contributed by atoms with E-state index < -0.39 is 0 Å². The molecule has 0 fully saturated rings. The van der Waals surface area contributed by atoms with E-state index in [1.807, 2.05) is 47.8 Å². The van der Waals surface area contributed by atoms with Crippen LogP contribution in [0.15, 0.2) is 47.8 Å². The van der Waals surface area contributed by atoms with Gasteiger partial charge in [0.25, 0.3) is 0 Å². The van der Waals surface area contributed by atoms with Gasteiger partial charge >= 0.3 is 0 Å². The van der Waals surface area contributed by atoms with Gasteiger partial charge in [-0.3, -0.25) is 4.79 Å². The minimum Gasteiger partial charge on any atom is -0.496 e. The van der Waals surface area contributed by atoms with Crippen molar-refractivity contribution in [2.75, 3.05) is 21.3 Å².